The molecule has 9 heteroatoms. The van der Waals surface area contributed by atoms with Crippen molar-refractivity contribution in [2.75, 3.05) is 5.32 Å². The van der Waals surface area contributed by atoms with Crippen molar-refractivity contribution in [3.63, 3.8) is 0 Å². The van der Waals surface area contributed by atoms with Gasteiger partial charge in [-0.2, -0.15) is 20.7 Å². The number of nitro groups is 1. The van der Waals surface area contributed by atoms with Gasteiger partial charge in [0.15, 0.2) is 0 Å². The predicted molar refractivity (Wildman–Crippen MR) is 78.0 cm³/mol. The van der Waals surface area contributed by atoms with Gasteiger partial charge in [0.2, 0.25) is 17.5 Å². The van der Waals surface area contributed by atoms with Gasteiger partial charge in [0.05, 0.1) is 11.5 Å². The van der Waals surface area contributed by atoms with Crippen molar-refractivity contribution in [1.82, 2.24) is 10.1 Å². The van der Waals surface area contributed by atoms with Gasteiger partial charge in [0.1, 0.15) is 0 Å². The van der Waals surface area contributed by atoms with Gasteiger partial charge in [-0.1, -0.05) is 5.16 Å². The van der Waals surface area contributed by atoms with E-state index in [4.69, 9.17) is 4.52 Å². The Hall–Kier alpha value is -2.81. The zero-order chi connectivity index (χ0) is 15.5. The second-order valence-electron chi connectivity index (χ2n) is 4.30. The number of thiophene rings is 1. The third kappa shape index (κ3) is 2.93. The first-order valence-electron chi connectivity index (χ1n) is 6.16. The van der Waals surface area contributed by atoms with Crippen molar-refractivity contribution < 1.29 is 13.8 Å². The van der Waals surface area contributed by atoms with Crippen LogP contribution in [0, 0.1) is 15.9 Å². The smallest absolute Gasteiger partial charge is 0.306 e. The third-order valence-electron chi connectivity index (χ3n) is 2.83. The second-order valence-corrected chi connectivity index (χ2v) is 5.08. The lowest BCUT2D eigenvalue weighted by Crippen LogP contribution is -2.01. The summed E-state index contributed by atoms with van der Waals surface area (Å²) in [6.07, 6.45) is 0. The lowest BCUT2D eigenvalue weighted by molar-refractivity contribution is -0.387. The fourth-order valence-electron chi connectivity index (χ4n) is 1.78. The molecule has 0 unspecified atom stereocenters. The highest BCUT2D eigenvalue weighted by atomic mass is 32.1. The van der Waals surface area contributed by atoms with Crippen LogP contribution < -0.4 is 5.32 Å². The summed E-state index contributed by atoms with van der Waals surface area (Å²) in [5, 5.41) is 21.2. The minimum atomic E-state index is -0.881. The average Bonchev–Trinajstić information content (AvgIpc) is 3.17. The molecule has 0 spiro atoms. The summed E-state index contributed by atoms with van der Waals surface area (Å²) < 4.78 is 18.3. The molecule has 0 aliphatic rings. The van der Waals surface area contributed by atoms with Gasteiger partial charge in [-0.3, -0.25) is 10.1 Å². The number of hydrogen-bond donors (Lipinski definition) is 1. The molecule has 7 nitrogen and oxygen atoms in total. The minimum absolute atomic E-state index is 0.180. The van der Waals surface area contributed by atoms with Crippen molar-refractivity contribution in [2.24, 2.45) is 0 Å². The van der Waals surface area contributed by atoms with E-state index in [1.807, 2.05) is 16.8 Å². The summed E-state index contributed by atoms with van der Waals surface area (Å²) in [5.74, 6) is -0.0793. The molecule has 112 valence electrons. The van der Waals surface area contributed by atoms with E-state index in [1.54, 1.807) is 0 Å². The fourth-order valence-corrected chi connectivity index (χ4v) is 2.41. The topological polar surface area (TPSA) is 94.1 Å². The molecular weight excluding hydrogens is 311 g/mol. The first-order valence-corrected chi connectivity index (χ1v) is 7.11. The second kappa shape index (κ2) is 5.90. The highest BCUT2D eigenvalue weighted by Crippen LogP contribution is 2.22. The molecule has 3 rings (SSSR count). The lowest BCUT2D eigenvalue weighted by Gasteiger charge is -2.03. The number of aromatic nitrogens is 2. The molecule has 0 amide bonds. The van der Waals surface area contributed by atoms with Gasteiger partial charge in [-0.15, -0.1) is 0 Å². The largest absolute Gasteiger partial charge is 0.376 e. The van der Waals surface area contributed by atoms with E-state index in [0.717, 1.165) is 17.7 Å². The zero-order valence-electron chi connectivity index (χ0n) is 11.0. The number of nitrogens with zero attached hydrogens (tertiary/aromatic N) is 3. The SMILES string of the molecule is O=[N+]([O-])c1cc(NCc2nc(-c3ccsc3)no2)ccc1F. The number of halogens is 1. The molecule has 0 bridgehead atoms. The van der Waals surface area contributed by atoms with Crippen LogP contribution in [0.3, 0.4) is 0 Å². The van der Waals surface area contributed by atoms with Gasteiger partial charge < -0.3 is 9.84 Å². The summed E-state index contributed by atoms with van der Waals surface area (Å²) in [4.78, 5) is 14.1. The van der Waals surface area contributed by atoms with Gasteiger partial charge in [-0.25, -0.2) is 0 Å². The van der Waals surface area contributed by atoms with Crippen LogP contribution in [0.2, 0.25) is 0 Å². The average molecular weight is 320 g/mol. The monoisotopic (exact) mass is 320 g/mol. The molecule has 0 atom stereocenters. The summed E-state index contributed by atoms with van der Waals surface area (Å²) in [5.41, 5.74) is 0.662. The summed E-state index contributed by atoms with van der Waals surface area (Å²) in [6.45, 7) is 0.180. The van der Waals surface area contributed by atoms with E-state index in [9.17, 15) is 14.5 Å². The van der Waals surface area contributed by atoms with Crippen LogP contribution in [0.5, 0.6) is 0 Å². The van der Waals surface area contributed by atoms with E-state index in [0.29, 0.717) is 17.4 Å². The fraction of sp³-hybridized carbons (Fsp3) is 0.0769. The number of anilines is 1. The number of hydrogen-bond acceptors (Lipinski definition) is 7. The lowest BCUT2D eigenvalue weighted by atomic mass is 10.2. The molecule has 0 aliphatic carbocycles. The Morgan fingerprint density at radius 2 is 2.27 bits per heavy atom. The molecule has 0 aliphatic heterocycles. The quantitative estimate of drug-likeness (QED) is 0.571. The van der Waals surface area contributed by atoms with Crippen molar-refractivity contribution >= 4 is 22.7 Å². The predicted octanol–water partition coefficient (Wildman–Crippen LogP) is 3.46. The number of nitrogens with one attached hydrogen (secondary N) is 1. The Morgan fingerprint density at radius 3 is 3.00 bits per heavy atom. The van der Waals surface area contributed by atoms with E-state index < -0.39 is 16.4 Å². The van der Waals surface area contributed by atoms with E-state index in [2.05, 4.69) is 15.5 Å². The molecule has 0 saturated heterocycles. The van der Waals surface area contributed by atoms with Gasteiger partial charge in [-0.05, 0) is 23.6 Å². The number of nitro benzene ring substituents is 1. The minimum Gasteiger partial charge on any atom is -0.376 e. The Bertz CT molecular complexity index is 803. The Kier molecular flexibility index (Phi) is 3.79. The Morgan fingerprint density at radius 1 is 1.41 bits per heavy atom. The molecule has 0 fully saturated rings. The normalized spacial score (nSPS) is 10.6. The highest BCUT2D eigenvalue weighted by molar-refractivity contribution is 7.08. The van der Waals surface area contributed by atoms with Gasteiger partial charge in [0.25, 0.3) is 0 Å². The van der Waals surface area contributed by atoms with E-state index in [-0.39, 0.29) is 6.54 Å². The van der Waals surface area contributed by atoms with Crippen molar-refractivity contribution in [2.45, 2.75) is 6.54 Å². The van der Waals surface area contributed by atoms with Crippen LogP contribution in [0.15, 0.2) is 39.5 Å². The van der Waals surface area contributed by atoms with Crippen LogP contribution in [0.25, 0.3) is 11.4 Å². The zero-order valence-corrected chi connectivity index (χ0v) is 11.8. The molecule has 22 heavy (non-hydrogen) atoms. The number of rotatable bonds is 5. The van der Waals surface area contributed by atoms with E-state index in [1.165, 1.54) is 17.4 Å². The van der Waals surface area contributed by atoms with Crippen molar-refractivity contribution in [3.8, 4) is 11.4 Å². The highest BCUT2D eigenvalue weighted by Gasteiger charge is 2.15. The molecule has 3 aromatic rings. The third-order valence-corrected chi connectivity index (χ3v) is 3.52. The Balaban J connectivity index is 1.70. The van der Waals surface area contributed by atoms with Crippen molar-refractivity contribution in [3.05, 3.63) is 56.8 Å². The van der Waals surface area contributed by atoms with Crippen LogP contribution in [-0.4, -0.2) is 15.1 Å². The van der Waals surface area contributed by atoms with Crippen LogP contribution in [0.1, 0.15) is 5.89 Å². The summed E-state index contributed by atoms with van der Waals surface area (Å²) >= 11 is 1.52. The first kappa shape index (κ1) is 14.1. The molecular formula is C13H9FN4O3S. The molecule has 1 N–H and O–H groups in total. The molecule has 2 heterocycles. The number of benzene rings is 1. The van der Waals surface area contributed by atoms with Crippen molar-refractivity contribution in [1.29, 1.82) is 0 Å². The van der Waals surface area contributed by atoms with Gasteiger partial charge in [0, 0.05) is 22.7 Å². The standard InChI is InChI=1S/C13H9FN4O3S/c14-10-2-1-9(5-11(10)18(19)20)15-6-12-16-13(17-21-12)8-3-4-22-7-8/h1-5,7,15H,6H2. The van der Waals surface area contributed by atoms with Crippen LogP contribution in [-0.2, 0) is 6.54 Å². The van der Waals surface area contributed by atoms with Crippen LogP contribution >= 0.6 is 11.3 Å². The molecule has 1 aromatic carbocycles. The van der Waals surface area contributed by atoms with Gasteiger partial charge >= 0.3 is 5.69 Å². The van der Waals surface area contributed by atoms with E-state index >= 15 is 0 Å². The Labute approximate surface area is 127 Å². The van der Waals surface area contributed by atoms with Crippen LogP contribution in [0.4, 0.5) is 15.8 Å². The summed E-state index contributed by atoms with van der Waals surface area (Å²) in [7, 11) is 0. The maximum absolute atomic E-state index is 13.2. The maximum atomic E-state index is 13.2. The maximum Gasteiger partial charge on any atom is 0.306 e. The first-order chi connectivity index (χ1) is 10.6. The summed E-state index contributed by atoms with van der Waals surface area (Å²) in [6, 6.07) is 5.42. The molecule has 0 radical (unpaired) electrons. The molecule has 2 aromatic heterocycles. The molecule has 0 saturated carbocycles.